The normalized spacial score (nSPS) is 18.2. The molecule has 1 saturated carbocycles. The zero-order valence-electron chi connectivity index (χ0n) is 21.8. The molecule has 4 heterocycles. The number of anilines is 1. The third kappa shape index (κ3) is 4.67. The van der Waals surface area contributed by atoms with Crippen LogP contribution in [0.5, 0.6) is 0 Å². The summed E-state index contributed by atoms with van der Waals surface area (Å²) in [5.41, 5.74) is 8.63. The van der Waals surface area contributed by atoms with Crippen molar-refractivity contribution in [3.05, 3.63) is 66.9 Å². The Morgan fingerprint density at radius 1 is 1.00 bits per heavy atom. The van der Waals surface area contributed by atoms with Crippen LogP contribution in [-0.4, -0.2) is 41.3 Å². The molecule has 4 aromatic heterocycles. The molecule has 1 aromatic carbocycles. The molecule has 5 aromatic rings. The lowest BCUT2D eigenvalue weighted by molar-refractivity contribution is 0.157. The molecule has 194 valence electrons. The van der Waals surface area contributed by atoms with Gasteiger partial charge in [0.15, 0.2) is 5.82 Å². The summed E-state index contributed by atoms with van der Waals surface area (Å²) in [6.07, 6.45) is 12.0. The van der Waals surface area contributed by atoms with Crippen molar-refractivity contribution < 1.29 is 5.11 Å². The standard InChI is InChI=1S/C30H33N7O/c1-17(2)18(3)33-22-11-21(13-31-14-22)20-8-10-26-24(12-20)29(37-36-26)30-34-27-16-32-15-25(28(27)35-30)19-5-4-6-23(38)9-7-19/h8,10-17,19,23,33,38H,3-7,9H2,1-2H3,(H,34,35)(H,36,37). The van der Waals surface area contributed by atoms with E-state index in [1.54, 1.807) is 0 Å². The van der Waals surface area contributed by atoms with Gasteiger partial charge in [-0.2, -0.15) is 5.10 Å². The van der Waals surface area contributed by atoms with E-state index in [0.717, 1.165) is 87.8 Å². The largest absolute Gasteiger partial charge is 0.393 e. The maximum atomic E-state index is 10.1. The summed E-state index contributed by atoms with van der Waals surface area (Å²) < 4.78 is 0. The molecule has 38 heavy (non-hydrogen) atoms. The summed E-state index contributed by atoms with van der Waals surface area (Å²) in [7, 11) is 0. The number of hydrogen-bond acceptors (Lipinski definition) is 6. The molecule has 0 radical (unpaired) electrons. The number of H-pyrrole nitrogens is 2. The van der Waals surface area contributed by atoms with Crippen LogP contribution in [0.3, 0.4) is 0 Å². The maximum absolute atomic E-state index is 10.1. The predicted molar refractivity (Wildman–Crippen MR) is 152 cm³/mol. The van der Waals surface area contributed by atoms with Gasteiger partial charge in [0.2, 0.25) is 0 Å². The smallest absolute Gasteiger partial charge is 0.159 e. The van der Waals surface area contributed by atoms with Crippen molar-refractivity contribution in [2.24, 2.45) is 5.92 Å². The average Bonchev–Trinajstić information content (AvgIpc) is 3.48. The number of fused-ring (bicyclic) bond motifs is 2. The number of aromatic nitrogens is 6. The van der Waals surface area contributed by atoms with Crippen molar-refractivity contribution in [2.45, 2.75) is 58.0 Å². The van der Waals surface area contributed by atoms with E-state index in [-0.39, 0.29) is 6.10 Å². The SMILES string of the molecule is C=C(Nc1cncc(-c2ccc3[nH]nc(-c4nc5c(C6CCCC(O)CC6)cncc5[nH]4)c3c2)c1)C(C)C. The Morgan fingerprint density at radius 3 is 2.74 bits per heavy atom. The van der Waals surface area contributed by atoms with E-state index in [1.807, 2.05) is 30.9 Å². The van der Waals surface area contributed by atoms with E-state index < -0.39 is 0 Å². The summed E-state index contributed by atoms with van der Waals surface area (Å²) >= 11 is 0. The molecule has 1 aliphatic rings. The van der Waals surface area contributed by atoms with Gasteiger partial charge in [0.1, 0.15) is 5.69 Å². The van der Waals surface area contributed by atoms with Gasteiger partial charge in [0.25, 0.3) is 0 Å². The average molecular weight is 508 g/mol. The van der Waals surface area contributed by atoms with Gasteiger partial charge in [-0.3, -0.25) is 15.1 Å². The number of nitrogens with one attached hydrogen (secondary N) is 3. The molecule has 1 aliphatic carbocycles. The highest BCUT2D eigenvalue weighted by atomic mass is 16.3. The highest BCUT2D eigenvalue weighted by molar-refractivity contribution is 5.96. The molecule has 1 fully saturated rings. The number of aliphatic hydroxyl groups is 1. The van der Waals surface area contributed by atoms with Crippen LogP contribution in [0.4, 0.5) is 5.69 Å². The fourth-order valence-electron chi connectivity index (χ4n) is 5.33. The Labute approximate surface area is 221 Å². The molecular weight excluding hydrogens is 474 g/mol. The molecule has 2 unspecified atom stereocenters. The third-order valence-electron chi connectivity index (χ3n) is 7.66. The van der Waals surface area contributed by atoms with E-state index in [9.17, 15) is 5.11 Å². The van der Waals surface area contributed by atoms with E-state index in [2.05, 4.69) is 69.1 Å². The van der Waals surface area contributed by atoms with E-state index in [1.165, 1.54) is 0 Å². The first-order chi connectivity index (χ1) is 18.5. The summed E-state index contributed by atoms with van der Waals surface area (Å²) in [6.45, 7) is 8.34. The fourth-order valence-corrected chi connectivity index (χ4v) is 5.33. The maximum Gasteiger partial charge on any atom is 0.159 e. The van der Waals surface area contributed by atoms with Crippen LogP contribution in [-0.2, 0) is 0 Å². The van der Waals surface area contributed by atoms with Crippen molar-refractivity contribution in [1.82, 2.24) is 30.1 Å². The second-order valence-electron chi connectivity index (χ2n) is 10.7. The second kappa shape index (κ2) is 10.0. The molecule has 8 nitrogen and oxygen atoms in total. The highest BCUT2D eigenvalue weighted by Crippen LogP contribution is 2.36. The summed E-state index contributed by atoms with van der Waals surface area (Å²) in [4.78, 5) is 17.4. The number of nitrogens with zero attached hydrogens (tertiary/aromatic N) is 4. The Hall–Kier alpha value is -4.04. The minimum atomic E-state index is -0.202. The number of allylic oxidation sites excluding steroid dienone is 1. The molecule has 6 rings (SSSR count). The van der Waals surface area contributed by atoms with Gasteiger partial charge in [-0.15, -0.1) is 0 Å². The lowest BCUT2D eigenvalue weighted by Gasteiger charge is -2.14. The van der Waals surface area contributed by atoms with E-state index in [4.69, 9.17) is 4.98 Å². The van der Waals surface area contributed by atoms with E-state index in [0.29, 0.717) is 17.7 Å². The quantitative estimate of drug-likeness (QED) is 0.194. The first-order valence-electron chi connectivity index (χ1n) is 13.4. The van der Waals surface area contributed by atoms with Crippen LogP contribution >= 0.6 is 0 Å². The topological polar surface area (TPSA) is 115 Å². The number of aromatic amines is 2. The van der Waals surface area contributed by atoms with Crippen LogP contribution in [0.2, 0.25) is 0 Å². The summed E-state index contributed by atoms with van der Waals surface area (Å²) in [5.74, 6) is 1.40. The molecule has 8 heteroatoms. The highest BCUT2D eigenvalue weighted by Gasteiger charge is 2.23. The molecule has 0 aliphatic heterocycles. The van der Waals surface area contributed by atoms with Gasteiger partial charge in [0, 0.05) is 34.6 Å². The Balaban J connectivity index is 1.36. The van der Waals surface area contributed by atoms with E-state index >= 15 is 0 Å². The number of hydrogen-bond donors (Lipinski definition) is 4. The first-order valence-corrected chi connectivity index (χ1v) is 13.4. The van der Waals surface area contributed by atoms with Crippen molar-refractivity contribution in [2.75, 3.05) is 5.32 Å². The third-order valence-corrected chi connectivity index (χ3v) is 7.66. The zero-order valence-corrected chi connectivity index (χ0v) is 21.8. The minimum absolute atomic E-state index is 0.202. The Kier molecular flexibility index (Phi) is 6.41. The first kappa shape index (κ1) is 24.3. The number of pyridine rings is 2. The van der Waals surface area contributed by atoms with Crippen LogP contribution in [0.1, 0.15) is 57.4 Å². The number of aliphatic hydroxyl groups excluding tert-OH is 1. The number of rotatable bonds is 6. The molecule has 0 spiro atoms. The second-order valence-corrected chi connectivity index (χ2v) is 10.7. The van der Waals surface area contributed by atoms with Gasteiger partial charge in [-0.05, 0) is 61.3 Å². The van der Waals surface area contributed by atoms with Gasteiger partial charge in [-0.25, -0.2) is 4.98 Å². The van der Waals surface area contributed by atoms with Crippen LogP contribution in [0, 0.1) is 5.92 Å². The van der Waals surface area contributed by atoms with Crippen molar-refractivity contribution in [3.63, 3.8) is 0 Å². The lowest BCUT2D eigenvalue weighted by atomic mass is 9.92. The molecular formula is C30H33N7O. The monoisotopic (exact) mass is 507 g/mol. The predicted octanol–water partition coefficient (Wildman–Crippen LogP) is 6.55. The van der Waals surface area contributed by atoms with Crippen LogP contribution in [0.25, 0.3) is 44.6 Å². The van der Waals surface area contributed by atoms with Gasteiger partial charge >= 0.3 is 0 Å². The Morgan fingerprint density at radius 2 is 1.87 bits per heavy atom. The zero-order chi connectivity index (χ0) is 26.2. The Bertz CT molecular complexity index is 1620. The summed E-state index contributed by atoms with van der Waals surface area (Å²) in [6, 6.07) is 8.33. The van der Waals surface area contributed by atoms with Gasteiger partial charge in [0.05, 0.1) is 40.7 Å². The number of imidazole rings is 1. The van der Waals surface area contributed by atoms with Crippen molar-refractivity contribution in [1.29, 1.82) is 0 Å². The molecule has 0 saturated heterocycles. The lowest BCUT2D eigenvalue weighted by Crippen LogP contribution is -2.04. The number of benzene rings is 1. The fraction of sp³-hybridized carbons (Fsp3) is 0.333. The molecule has 0 bridgehead atoms. The van der Waals surface area contributed by atoms with Gasteiger partial charge < -0.3 is 15.4 Å². The molecule has 2 atom stereocenters. The minimum Gasteiger partial charge on any atom is -0.393 e. The van der Waals surface area contributed by atoms with Crippen molar-refractivity contribution >= 4 is 27.6 Å². The van der Waals surface area contributed by atoms with Crippen LogP contribution in [0.15, 0.2) is 61.3 Å². The van der Waals surface area contributed by atoms with Crippen LogP contribution < -0.4 is 5.32 Å². The van der Waals surface area contributed by atoms with Gasteiger partial charge in [-0.1, -0.05) is 32.9 Å². The molecule has 4 N–H and O–H groups in total. The molecule has 0 amide bonds. The van der Waals surface area contributed by atoms with Crippen molar-refractivity contribution in [3.8, 4) is 22.6 Å². The summed E-state index contributed by atoms with van der Waals surface area (Å²) in [5, 5.41) is 22.3.